The van der Waals surface area contributed by atoms with Crippen LogP contribution in [0.4, 0.5) is 5.69 Å². The molecule has 0 aliphatic carbocycles. The Kier molecular flexibility index (Phi) is 3.65. The molecule has 0 amide bonds. The van der Waals surface area contributed by atoms with Crippen molar-refractivity contribution in [2.24, 2.45) is 0 Å². The Morgan fingerprint density at radius 2 is 2.29 bits per heavy atom. The van der Waals surface area contributed by atoms with E-state index in [1.54, 1.807) is 6.33 Å². The number of anilines is 1. The molecule has 1 aromatic carbocycles. The summed E-state index contributed by atoms with van der Waals surface area (Å²) in [4.78, 5) is 7.04. The number of hydrogen-bond donors (Lipinski definition) is 2. The zero-order valence-corrected chi connectivity index (χ0v) is 10.2. The van der Waals surface area contributed by atoms with Crippen molar-refractivity contribution in [1.82, 2.24) is 9.97 Å². The third-order valence-corrected chi connectivity index (χ3v) is 2.53. The quantitative estimate of drug-likeness (QED) is 0.831. The van der Waals surface area contributed by atoms with Crippen LogP contribution in [0.25, 0.3) is 0 Å². The molecule has 2 aromatic rings. The summed E-state index contributed by atoms with van der Waals surface area (Å²) in [5.41, 5.74) is 3.36. The van der Waals surface area contributed by atoms with Crippen LogP contribution in [0.3, 0.4) is 0 Å². The van der Waals surface area contributed by atoms with Gasteiger partial charge in [-0.25, -0.2) is 4.98 Å². The molecule has 0 aliphatic heterocycles. The molecule has 0 saturated carbocycles. The highest BCUT2D eigenvalue weighted by atomic mass is 16.5. The van der Waals surface area contributed by atoms with E-state index in [1.807, 2.05) is 31.3 Å². The molecule has 0 saturated heterocycles. The number of ether oxygens (including phenoxy) is 1. The minimum Gasteiger partial charge on any atom is -0.494 e. The van der Waals surface area contributed by atoms with Crippen molar-refractivity contribution in [2.75, 3.05) is 11.9 Å². The molecule has 4 nitrogen and oxygen atoms in total. The fourth-order valence-electron chi connectivity index (χ4n) is 1.66. The molecule has 0 atom stereocenters. The molecule has 2 N–H and O–H groups in total. The Hall–Kier alpha value is -1.97. The van der Waals surface area contributed by atoms with Crippen LogP contribution in [0.2, 0.25) is 0 Å². The molecule has 0 bridgehead atoms. The summed E-state index contributed by atoms with van der Waals surface area (Å²) in [6, 6.07) is 6.06. The maximum atomic E-state index is 5.45. The number of nitrogens with one attached hydrogen (secondary N) is 2. The first kappa shape index (κ1) is 11.5. The predicted molar refractivity (Wildman–Crippen MR) is 68.3 cm³/mol. The SMILES string of the molecule is CCOc1ccc(NCc2cnc[nH]2)c(C)c1. The van der Waals surface area contributed by atoms with Gasteiger partial charge in [0, 0.05) is 11.9 Å². The van der Waals surface area contributed by atoms with Crippen LogP contribution >= 0.6 is 0 Å². The molecule has 0 unspecified atom stereocenters. The van der Waals surface area contributed by atoms with Crippen LogP contribution in [0.5, 0.6) is 5.75 Å². The van der Waals surface area contributed by atoms with Crippen LogP contribution in [0, 0.1) is 6.92 Å². The van der Waals surface area contributed by atoms with Gasteiger partial charge >= 0.3 is 0 Å². The van der Waals surface area contributed by atoms with Gasteiger partial charge in [-0.1, -0.05) is 0 Å². The zero-order chi connectivity index (χ0) is 12.1. The van der Waals surface area contributed by atoms with Gasteiger partial charge in [0.1, 0.15) is 5.75 Å². The van der Waals surface area contributed by atoms with Gasteiger partial charge in [0.15, 0.2) is 0 Å². The zero-order valence-electron chi connectivity index (χ0n) is 10.2. The molecule has 0 radical (unpaired) electrons. The lowest BCUT2D eigenvalue weighted by atomic mass is 10.2. The van der Waals surface area contributed by atoms with Crippen LogP contribution in [0.1, 0.15) is 18.2 Å². The molecule has 0 aliphatic rings. The monoisotopic (exact) mass is 231 g/mol. The minimum absolute atomic E-state index is 0.695. The van der Waals surface area contributed by atoms with E-state index in [0.717, 1.165) is 23.7 Å². The van der Waals surface area contributed by atoms with Gasteiger partial charge in [-0.15, -0.1) is 0 Å². The summed E-state index contributed by atoms with van der Waals surface area (Å²) in [5.74, 6) is 0.914. The normalized spacial score (nSPS) is 10.2. The van der Waals surface area contributed by atoms with Gasteiger partial charge < -0.3 is 15.0 Å². The first-order chi connectivity index (χ1) is 8.29. The fourth-order valence-corrected chi connectivity index (χ4v) is 1.66. The van der Waals surface area contributed by atoms with Crippen LogP contribution < -0.4 is 10.1 Å². The smallest absolute Gasteiger partial charge is 0.119 e. The average molecular weight is 231 g/mol. The Bertz CT molecular complexity index is 466. The largest absolute Gasteiger partial charge is 0.494 e. The Morgan fingerprint density at radius 1 is 1.41 bits per heavy atom. The highest BCUT2D eigenvalue weighted by molar-refractivity contribution is 5.53. The number of imidazole rings is 1. The van der Waals surface area contributed by atoms with Gasteiger partial charge in [0.05, 0.1) is 25.2 Å². The van der Waals surface area contributed by atoms with Gasteiger partial charge in [0.2, 0.25) is 0 Å². The number of hydrogen-bond acceptors (Lipinski definition) is 3. The summed E-state index contributed by atoms with van der Waals surface area (Å²) in [6.45, 7) is 5.49. The molecular weight excluding hydrogens is 214 g/mol. The van der Waals surface area contributed by atoms with Crippen molar-refractivity contribution in [3.05, 3.63) is 42.0 Å². The second kappa shape index (κ2) is 5.39. The lowest BCUT2D eigenvalue weighted by Gasteiger charge is -2.10. The van der Waals surface area contributed by atoms with E-state index in [2.05, 4.69) is 22.2 Å². The Balaban J connectivity index is 2.01. The maximum Gasteiger partial charge on any atom is 0.119 e. The Labute approximate surface area is 101 Å². The van der Waals surface area contributed by atoms with Gasteiger partial charge in [0.25, 0.3) is 0 Å². The topological polar surface area (TPSA) is 49.9 Å². The van der Waals surface area contributed by atoms with Gasteiger partial charge in [-0.2, -0.15) is 0 Å². The van der Waals surface area contributed by atoms with E-state index in [4.69, 9.17) is 4.74 Å². The van der Waals surface area contributed by atoms with E-state index in [0.29, 0.717) is 6.61 Å². The standard InChI is InChI=1S/C13H17N3O/c1-3-17-12-4-5-13(10(2)6-12)15-8-11-7-14-9-16-11/h4-7,9,15H,3,8H2,1-2H3,(H,14,16). The van der Waals surface area contributed by atoms with Crippen molar-refractivity contribution in [3.63, 3.8) is 0 Å². The number of H-pyrrole nitrogens is 1. The third kappa shape index (κ3) is 3.00. The van der Waals surface area contributed by atoms with E-state index in [1.165, 1.54) is 5.56 Å². The number of aryl methyl sites for hydroxylation is 1. The van der Waals surface area contributed by atoms with E-state index in [9.17, 15) is 0 Å². The van der Waals surface area contributed by atoms with Crippen LogP contribution in [0.15, 0.2) is 30.7 Å². The number of benzene rings is 1. The average Bonchev–Trinajstić information content (AvgIpc) is 2.81. The predicted octanol–water partition coefficient (Wildman–Crippen LogP) is 2.73. The van der Waals surface area contributed by atoms with Crippen molar-refractivity contribution >= 4 is 5.69 Å². The molecule has 17 heavy (non-hydrogen) atoms. The second-order valence-electron chi connectivity index (χ2n) is 3.84. The number of aromatic nitrogens is 2. The van der Waals surface area contributed by atoms with Crippen molar-refractivity contribution < 1.29 is 4.74 Å². The molecule has 1 heterocycles. The molecule has 0 fully saturated rings. The number of aromatic amines is 1. The summed E-state index contributed by atoms with van der Waals surface area (Å²) in [6.07, 6.45) is 3.50. The summed E-state index contributed by atoms with van der Waals surface area (Å²) in [5, 5.41) is 3.36. The molecule has 4 heteroatoms. The molecule has 2 rings (SSSR count). The summed E-state index contributed by atoms with van der Waals surface area (Å²) < 4.78 is 5.45. The van der Waals surface area contributed by atoms with Crippen LogP contribution in [-0.2, 0) is 6.54 Å². The molecule has 1 aromatic heterocycles. The second-order valence-corrected chi connectivity index (χ2v) is 3.84. The van der Waals surface area contributed by atoms with Crippen molar-refractivity contribution in [3.8, 4) is 5.75 Å². The molecular formula is C13H17N3O. The summed E-state index contributed by atoms with van der Waals surface area (Å²) in [7, 11) is 0. The Morgan fingerprint density at radius 3 is 2.94 bits per heavy atom. The van der Waals surface area contributed by atoms with Gasteiger partial charge in [-0.05, 0) is 37.6 Å². The molecule has 0 spiro atoms. The number of rotatable bonds is 5. The van der Waals surface area contributed by atoms with E-state index < -0.39 is 0 Å². The highest BCUT2D eigenvalue weighted by Gasteiger charge is 2.01. The first-order valence-electron chi connectivity index (χ1n) is 5.74. The number of nitrogens with zero attached hydrogens (tertiary/aromatic N) is 1. The van der Waals surface area contributed by atoms with Crippen molar-refractivity contribution in [2.45, 2.75) is 20.4 Å². The summed E-state index contributed by atoms with van der Waals surface area (Å²) >= 11 is 0. The highest BCUT2D eigenvalue weighted by Crippen LogP contribution is 2.21. The first-order valence-corrected chi connectivity index (χ1v) is 5.74. The third-order valence-electron chi connectivity index (χ3n) is 2.53. The minimum atomic E-state index is 0.695. The van der Waals surface area contributed by atoms with E-state index in [-0.39, 0.29) is 0 Å². The fraction of sp³-hybridized carbons (Fsp3) is 0.308. The van der Waals surface area contributed by atoms with Crippen LogP contribution in [-0.4, -0.2) is 16.6 Å². The molecule has 90 valence electrons. The lowest BCUT2D eigenvalue weighted by Crippen LogP contribution is -2.01. The lowest BCUT2D eigenvalue weighted by molar-refractivity contribution is 0.340. The van der Waals surface area contributed by atoms with E-state index >= 15 is 0 Å². The van der Waals surface area contributed by atoms with Gasteiger partial charge in [-0.3, -0.25) is 0 Å². The maximum absolute atomic E-state index is 5.45. The van der Waals surface area contributed by atoms with Crippen molar-refractivity contribution in [1.29, 1.82) is 0 Å².